The molecule has 1 aromatic carbocycles. The number of nitrogens with zero attached hydrogens (tertiary/aromatic N) is 1. The lowest BCUT2D eigenvalue weighted by molar-refractivity contribution is 0.314. The smallest absolute Gasteiger partial charge is 0.128 e. The molecule has 2 rings (SSSR count). The molecule has 0 amide bonds. The number of ether oxygens (including phenoxy) is 2. The van der Waals surface area contributed by atoms with Crippen molar-refractivity contribution in [2.24, 2.45) is 5.16 Å². The number of oxime groups is 1. The number of hydrogen-bond donors (Lipinski definition) is 1. The molecule has 0 fully saturated rings. The fourth-order valence-electron chi connectivity index (χ4n) is 1.65. The van der Waals surface area contributed by atoms with E-state index in [1.54, 1.807) is 7.11 Å². The monoisotopic (exact) mass is 207 g/mol. The molecule has 0 atom stereocenters. The van der Waals surface area contributed by atoms with Gasteiger partial charge >= 0.3 is 0 Å². The van der Waals surface area contributed by atoms with Gasteiger partial charge < -0.3 is 14.7 Å². The first-order valence-electron chi connectivity index (χ1n) is 4.87. The van der Waals surface area contributed by atoms with Gasteiger partial charge in [0, 0.05) is 5.56 Å². The van der Waals surface area contributed by atoms with Crippen molar-refractivity contribution in [3.63, 3.8) is 0 Å². The van der Waals surface area contributed by atoms with Crippen molar-refractivity contribution >= 4 is 5.71 Å². The van der Waals surface area contributed by atoms with E-state index in [9.17, 15) is 0 Å². The molecule has 4 heteroatoms. The summed E-state index contributed by atoms with van der Waals surface area (Å²) in [5, 5.41) is 12.2. The fourth-order valence-corrected chi connectivity index (χ4v) is 1.65. The molecule has 1 heterocycles. The van der Waals surface area contributed by atoms with Gasteiger partial charge in [0.1, 0.15) is 11.5 Å². The third-order valence-corrected chi connectivity index (χ3v) is 2.43. The lowest BCUT2D eigenvalue weighted by atomic mass is 10.1. The Morgan fingerprint density at radius 3 is 3.07 bits per heavy atom. The van der Waals surface area contributed by atoms with Crippen LogP contribution in [0.1, 0.15) is 18.4 Å². The number of fused-ring (bicyclic) bond motifs is 1. The molecule has 80 valence electrons. The molecule has 0 unspecified atom stereocenters. The van der Waals surface area contributed by atoms with E-state index in [2.05, 4.69) is 5.16 Å². The van der Waals surface area contributed by atoms with Gasteiger partial charge in [-0.1, -0.05) is 5.16 Å². The number of rotatable bonds is 1. The van der Waals surface area contributed by atoms with Crippen LogP contribution >= 0.6 is 0 Å². The minimum Gasteiger partial charge on any atom is -0.497 e. The Bertz CT molecular complexity index is 387. The number of benzene rings is 1. The number of methoxy groups -OCH3 is 1. The van der Waals surface area contributed by atoms with Crippen LogP contribution in [0.15, 0.2) is 23.4 Å². The van der Waals surface area contributed by atoms with Crippen LogP contribution in [0.5, 0.6) is 11.5 Å². The first kappa shape index (κ1) is 9.83. The molecule has 4 nitrogen and oxygen atoms in total. The third kappa shape index (κ3) is 1.88. The Labute approximate surface area is 88.1 Å². The van der Waals surface area contributed by atoms with E-state index >= 15 is 0 Å². The van der Waals surface area contributed by atoms with Crippen molar-refractivity contribution < 1.29 is 14.7 Å². The summed E-state index contributed by atoms with van der Waals surface area (Å²) in [6, 6.07) is 5.50. The average molecular weight is 207 g/mol. The van der Waals surface area contributed by atoms with Crippen LogP contribution in [0.25, 0.3) is 0 Å². The Morgan fingerprint density at radius 2 is 2.33 bits per heavy atom. The Morgan fingerprint density at radius 1 is 1.47 bits per heavy atom. The Balaban J connectivity index is 2.48. The molecule has 1 aliphatic rings. The highest BCUT2D eigenvalue weighted by Crippen LogP contribution is 2.28. The highest BCUT2D eigenvalue weighted by atomic mass is 16.5. The molecule has 0 saturated carbocycles. The molecule has 0 aliphatic carbocycles. The second-order valence-corrected chi connectivity index (χ2v) is 3.36. The molecule has 0 spiro atoms. The standard InChI is InChI=1S/C11H13NO3/c1-14-8-4-5-11-9(7-8)10(12-13)3-2-6-15-11/h4-5,7,13H,2-3,6H2,1H3/b12-10+. The Hall–Kier alpha value is -1.71. The molecule has 0 bridgehead atoms. The Kier molecular flexibility index (Phi) is 2.76. The summed E-state index contributed by atoms with van der Waals surface area (Å²) >= 11 is 0. The van der Waals surface area contributed by atoms with Crippen molar-refractivity contribution in [2.45, 2.75) is 12.8 Å². The van der Waals surface area contributed by atoms with Gasteiger partial charge in [-0.25, -0.2) is 0 Å². The van der Waals surface area contributed by atoms with E-state index in [1.807, 2.05) is 18.2 Å². The lowest BCUT2D eigenvalue weighted by Gasteiger charge is -2.08. The lowest BCUT2D eigenvalue weighted by Crippen LogP contribution is -2.00. The fraction of sp³-hybridized carbons (Fsp3) is 0.364. The van der Waals surface area contributed by atoms with Gasteiger partial charge in [0.15, 0.2) is 0 Å². The molecule has 15 heavy (non-hydrogen) atoms. The normalized spacial score (nSPS) is 17.8. The summed E-state index contributed by atoms with van der Waals surface area (Å²) in [5.74, 6) is 1.49. The summed E-state index contributed by atoms with van der Waals surface area (Å²) < 4.78 is 10.7. The second kappa shape index (κ2) is 4.21. The zero-order valence-corrected chi connectivity index (χ0v) is 8.56. The van der Waals surface area contributed by atoms with E-state index in [0.29, 0.717) is 12.3 Å². The van der Waals surface area contributed by atoms with Crippen molar-refractivity contribution in [2.75, 3.05) is 13.7 Å². The van der Waals surface area contributed by atoms with Gasteiger partial charge in [-0.05, 0) is 31.0 Å². The van der Waals surface area contributed by atoms with Gasteiger partial charge in [0.05, 0.1) is 19.4 Å². The predicted octanol–water partition coefficient (Wildman–Crippen LogP) is 2.05. The van der Waals surface area contributed by atoms with Crippen LogP contribution in [0, 0.1) is 0 Å². The summed E-state index contributed by atoms with van der Waals surface area (Å²) in [6.45, 7) is 0.651. The molecule has 0 radical (unpaired) electrons. The summed E-state index contributed by atoms with van der Waals surface area (Å²) in [6.07, 6.45) is 1.58. The summed E-state index contributed by atoms with van der Waals surface area (Å²) in [7, 11) is 1.61. The second-order valence-electron chi connectivity index (χ2n) is 3.36. The van der Waals surface area contributed by atoms with E-state index in [4.69, 9.17) is 14.7 Å². The molecular weight excluding hydrogens is 194 g/mol. The van der Waals surface area contributed by atoms with Gasteiger partial charge in [0.2, 0.25) is 0 Å². The largest absolute Gasteiger partial charge is 0.497 e. The van der Waals surface area contributed by atoms with Crippen molar-refractivity contribution in [3.8, 4) is 11.5 Å². The predicted molar refractivity (Wildman–Crippen MR) is 56.0 cm³/mol. The van der Waals surface area contributed by atoms with Crippen molar-refractivity contribution in [3.05, 3.63) is 23.8 Å². The van der Waals surface area contributed by atoms with E-state index < -0.39 is 0 Å². The van der Waals surface area contributed by atoms with Crippen LogP contribution < -0.4 is 9.47 Å². The minimum absolute atomic E-state index is 0.651. The molecule has 1 aromatic rings. The minimum atomic E-state index is 0.651. The van der Waals surface area contributed by atoms with E-state index in [1.165, 1.54) is 0 Å². The van der Waals surface area contributed by atoms with Gasteiger partial charge in [-0.3, -0.25) is 0 Å². The van der Waals surface area contributed by atoms with Crippen LogP contribution in [-0.4, -0.2) is 24.6 Å². The van der Waals surface area contributed by atoms with Crippen LogP contribution in [-0.2, 0) is 0 Å². The van der Waals surface area contributed by atoms with Crippen molar-refractivity contribution in [1.82, 2.24) is 0 Å². The van der Waals surface area contributed by atoms with Gasteiger partial charge in [0.25, 0.3) is 0 Å². The highest BCUT2D eigenvalue weighted by molar-refractivity contribution is 6.03. The van der Waals surface area contributed by atoms with E-state index in [0.717, 1.165) is 29.9 Å². The van der Waals surface area contributed by atoms with Crippen LogP contribution in [0.3, 0.4) is 0 Å². The number of hydrogen-bond acceptors (Lipinski definition) is 4. The van der Waals surface area contributed by atoms with Crippen LogP contribution in [0.4, 0.5) is 0 Å². The van der Waals surface area contributed by atoms with E-state index in [-0.39, 0.29) is 0 Å². The van der Waals surface area contributed by atoms with Crippen LogP contribution in [0.2, 0.25) is 0 Å². The molecule has 1 N–H and O–H groups in total. The quantitative estimate of drug-likeness (QED) is 0.566. The molecule has 0 saturated heterocycles. The maximum absolute atomic E-state index is 8.92. The average Bonchev–Trinajstić information content (AvgIpc) is 2.49. The molecule has 0 aromatic heterocycles. The zero-order valence-electron chi connectivity index (χ0n) is 8.56. The molecular formula is C11H13NO3. The zero-order chi connectivity index (χ0) is 10.7. The SMILES string of the molecule is COc1ccc2c(c1)/C(=N/O)CCCO2. The first-order valence-corrected chi connectivity index (χ1v) is 4.87. The topological polar surface area (TPSA) is 51.0 Å². The summed E-state index contributed by atoms with van der Waals surface area (Å²) in [5.41, 5.74) is 1.47. The summed E-state index contributed by atoms with van der Waals surface area (Å²) in [4.78, 5) is 0. The van der Waals surface area contributed by atoms with Gasteiger partial charge in [-0.2, -0.15) is 0 Å². The van der Waals surface area contributed by atoms with Gasteiger partial charge in [-0.15, -0.1) is 0 Å². The molecule has 1 aliphatic heterocycles. The maximum atomic E-state index is 8.92. The van der Waals surface area contributed by atoms with Crippen molar-refractivity contribution in [1.29, 1.82) is 0 Å². The third-order valence-electron chi connectivity index (χ3n) is 2.43. The first-order chi connectivity index (χ1) is 7.35. The highest BCUT2D eigenvalue weighted by Gasteiger charge is 2.16. The maximum Gasteiger partial charge on any atom is 0.128 e.